The van der Waals surface area contributed by atoms with Gasteiger partial charge in [0, 0.05) is 0 Å². The standard InChI is InChI=1S/C14H15N3O2/c18-14(19)11-15-16-17(12-7-3-1-4-8-12)13-9-5-2-6-10-13/h1-10,15-16H,11H2,(H,18,19). The van der Waals surface area contributed by atoms with Crippen molar-refractivity contribution in [2.75, 3.05) is 11.6 Å². The van der Waals surface area contributed by atoms with Gasteiger partial charge in [-0.1, -0.05) is 36.4 Å². The topological polar surface area (TPSA) is 64.6 Å². The molecule has 0 fully saturated rings. The molecule has 19 heavy (non-hydrogen) atoms. The lowest BCUT2D eigenvalue weighted by Gasteiger charge is -2.25. The zero-order valence-corrected chi connectivity index (χ0v) is 10.3. The Bertz CT molecular complexity index is 477. The number of nitrogens with one attached hydrogen (secondary N) is 2. The van der Waals surface area contributed by atoms with Crippen LogP contribution in [0, 0.1) is 0 Å². The van der Waals surface area contributed by atoms with Crippen LogP contribution in [-0.4, -0.2) is 17.6 Å². The summed E-state index contributed by atoms with van der Waals surface area (Å²) in [6, 6.07) is 19.3. The van der Waals surface area contributed by atoms with Crippen molar-refractivity contribution in [3.63, 3.8) is 0 Å². The van der Waals surface area contributed by atoms with Gasteiger partial charge in [-0.05, 0) is 24.3 Å². The minimum absolute atomic E-state index is 0.170. The van der Waals surface area contributed by atoms with Gasteiger partial charge in [0.1, 0.15) is 6.54 Å². The molecule has 0 aromatic heterocycles. The Kier molecular flexibility index (Phi) is 4.49. The second kappa shape index (κ2) is 6.53. The average Bonchev–Trinajstić information content (AvgIpc) is 2.45. The van der Waals surface area contributed by atoms with Crippen LogP contribution in [0.1, 0.15) is 0 Å². The number of anilines is 2. The van der Waals surface area contributed by atoms with Crippen LogP contribution in [0.25, 0.3) is 0 Å². The highest BCUT2D eigenvalue weighted by Crippen LogP contribution is 2.21. The third kappa shape index (κ3) is 3.80. The lowest BCUT2D eigenvalue weighted by molar-refractivity contribution is -0.136. The van der Waals surface area contributed by atoms with Gasteiger partial charge < -0.3 is 5.11 Å². The Morgan fingerprint density at radius 3 is 1.84 bits per heavy atom. The van der Waals surface area contributed by atoms with Crippen LogP contribution in [0.2, 0.25) is 0 Å². The summed E-state index contributed by atoms with van der Waals surface area (Å²) in [4.78, 5) is 10.5. The fourth-order valence-corrected chi connectivity index (χ4v) is 1.63. The van der Waals surface area contributed by atoms with Crippen LogP contribution >= 0.6 is 0 Å². The normalized spacial score (nSPS) is 10.1. The molecular formula is C14H15N3O2. The molecular weight excluding hydrogens is 242 g/mol. The molecule has 0 aliphatic carbocycles. The zero-order valence-electron chi connectivity index (χ0n) is 10.3. The van der Waals surface area contributed by atoms with E-state index < -0.39 is 5.97 Å². The van der Waals surface area contributed by atoms with Gasteiger partial charge in [0.05, 0.1) is 11.4 Å². The maximum atomic E-state index is 10.5. The van der Waals surface area contributed by atoms with E-state index >= 15 is 0 Å². The molecule has 0 heterocycles. The Balaban J connectivity index is 2.17. The smallest absolute Gasteiger partial charge is 0.318 e. The maximum absolute atomic E-state index is 10.5. The molecule has 0 unspecified atom stereocenters. The summed E-state index contributed by atoms with van der Waals surface area (Å²) in [5.41, 5.74) is 7.36. The second-order valence-corrected chi connectivity index (χ2v) is 3.87. The number of para-hydroxylation sites is 2. The summed E-state index contributed by atoms with van der Waals surface area (Å²) in [7, 11) is 0. The van der Waals surface area contributed by atoms with E-state index in [1.165, 1.54) is 0 Å². The molecule has 0 aliphatic heterocycles. The van der Waals surface area contributed by atoms with Crippen molar-refractivity contribution in [3.05, 3.63) is 60.7 Å². The highest BCUT2D eigenvalue weighted by atomic mass is 16.4. The summed E-state index contributed by atoms with van der Waals surface area (Å²) in [6.07, 6.45) is 0. The van der Waals surface area contributed by atoms with E-state index in [0.29, 0.717) is 0 Å². The van der Waals surface area contributed by atoms with E-state index in [9.17, 15) is 4.79 Å². The molecule has 0 saturated heterocycles. The number of hydrazine groups is 2. The lowest BCUT2D eigenvalue weighted by atomic mass is 10.2. The van der Waals surface area contributed by atoms with Crippen molar-refractivity contribution >= 4 is 17.3 Å². The molecule has 2 aromatic rings. The summed E-state index contributed by atoms with van der Waals surface area (Å²) in [6.45, 7) is -0.170. The van der Waals surface area contributed by atoms with Gasteiger partial charge in [-0.15, -0.1) is 0 Å². The van der Waals surface area contributed by atoms with Crippen LogP contribution < -0.4 is 16.0 Å². The number of aliphatic carboxylic acids is 1. The largest absolute Gasteiger partial charge is 0.480 e. The van der Waals surface area contributed by atoms with Crippen LogP contribution in [0.4, 0.5) is 11.4 Å². The minimum atomic E-state index is -0.923. The fraction of sp³-hybridized carbons (Fsp3) is 0.0714. The molecule has 0 radical (unpaired) electrons. The van der Waals surface area contributed by atoms with Crippen molar-refractivity contribution in [2.45, 2.75) is 0 Å². The van der Waals surface area contributed by atoms with Crippen molar-refractivity contribution in [1.29, 1.82) is 0 Å². The van der Waals surface area contributed by atoms with Crippen molar-refractivity contribution in [2.24, 2.45) is 0 Å². The summed E-state index contributed by atoms with van der Waals surface area (Å²) in [5, 5.41) is 10.4. The number of carboxylic acids is 1. The summed E-state index contributed by atoms with van der Waals surface area (Å²) < 4.78 is 0. The van der Waals surface area contributed by atoms with Crippen molar-refractivity contribution in [3.8, 4) is 0 Å². The van der Waals surface area contributed by atoms with Gasteiger partial charge >= 0.3 is 5.97 Å². The SMILES string of the molecule is O=C(O)CNNN(c1ccccc1)c1ccccc1. The van der Waals surface area contributed by atoms with E-state index in [-0.39, 0.29) is 6.54 Å². The first-order valence-corrected chi connectivity index (χ1v) is 5.88. The summed E-state index contributed by atoms with van der Waals surface area (Å²) in [5.74, 6) is -0.923. The molecule has 3 N–H and O–H groups in total. The van der Waals surface area contributed by atoms with Crippen LogP contribution in [0.15, 0.2) is 60.7 Å². The third-order valence-corrected chi connectivity index (χ3v) is 2.46. The molecule has 0 amide bonds. The average molecular weight is 257 g/mol. The van der Waals surface area contributed by atoms with Crippen LogP contribution in [0.3, 0.4) is 0 Å². The Labute approximate surface area is 111 Å². The predicted octanol–water partition coefficient (Wildman–Crippen LogP) is 1.92. The second-order valence-electron chi connectivity index (χ2n) is 3.87. The number of nitrogens with zero attached hydrogens (tertiary/aromatic N) is 1. The Morgan fingerprint density at radius 1 is 0.947 bits per heavy atom. The first-order chi connectivity index (χ1) is 9.27. The van der Waals surface area contributed by atoms with Gasteiger partial charge in [0.2, 0.25) is 0 Å². The van der Waals surface area contributed by atoms with Gasteiger partial charge in [-0.2, -0.15) is 5.53 Å². The zero-order chi connectivity index (χ0) is 13.5. The molecule has 5 nitrogen and oxygen atoms in total. The van der Waals surface area contributed by atoms with Crippen molar-refractivity contribution in [1.82, 2.24) is 11.0 Å². The molecule has 0 spiro atoms. The molecule has 5 heteroatoms. The molecule has 98 valence electrons. The number of carboxylic acid groups (broad SMARTS) is 1. The fourth-order valence-electron chi connectivity index (χ4n) is 1.63. The Hall–Kier alpha value is -2.37. The Morgan fingerprint density at radius 2 is 1.42 bits per heavy atom. The maximum Gasteiger partial charge on any atom is 0.318 e. The number of carbonyl (C=O) groups is 1. The van der Waals surface area contributed by atoms with Gasteiger partial charge in [-0.25, -0.2) is 5.43 Å². The van der Waals surface area contributed by atoms with E-state index in [4.69, 9.17) is 5.11 Å². The minimum Gasteiger partial charge on any atom is -0.480 e. The first kappa shape index (κ1) is 13.1. The third-order valence-electron chi connectivity index (χ3n) is 2.46. The number of benzene rings is 2. The molecule has 0 atom stereocenters. The number of hydrogen-bond acceptors (Lipinski definition) is 4. The highest BCUT2D eigenvalue weighted by Gasteiger charge is 2.08. The quantitative estimate of drug-likeness (QED) is 0.690. The van der Waals surface area contributed by atoms with Gasteiger partial charge in [0.15, 0.2) is 0 Å². The van der Waals surface area contributed by atoms with Crippen LogP contribution in [-0.2, 0) is 4.79 Å². The van der Waals surface area contributed by atoms with E-state index in [1.807, 2.05) is 60.7 Å². The highest BCUT2D eigenvalue weighted by molar-refractivity contribution is 5.69. The van der Waals surface area contributed by atoms with E-state index in [0.717, 1.165) is 11.4 Å². The molecule has 0 bridgehead atoms. The van der Waals surface area contributed by atoms with Crippen molar-refractivity contribution < 1.29 is 9.90 Å². The summed E-state index contributed by atoms with van der Waals surface area (Å²) >= 11 is 0. The molecule has 2 rings (SSSR count). The lowest BCUT2D eigenvalue weighted by Crippen LogP contribution is -2.46. The molecule has 0 aliphatic rings. The first-order valence-electron chi connectivity index (χ1n) is 5.88. The van der Waals surface area contributed by atoms with Crippen LogP contribution in [0.5, 0.6) is 0 Å². The number of rotatable bonds is 6. The van der Waals surface area contributed by atoms with Gasteiger partial charge in [0.25, 0.3) is 0 Å². The molecule has 2 aromatic carbocycles. The molecule has 0 saturated carbocycles. The van der Waals surface area contributed by atoms with Gasteiger partial charge in [-0.3, -0.25) is 9.80 Å². The monoisotopic (exact) mass is 257 g/mol. The van der Waals surface area contributed by atoms with E-state index in [1.54, 1.807) is 5.01 Å². The van der Waals surface area contributed by atoms with E-state index in [2.05, 4.69) is 11.0 Å². The number of hydrogen-bond donors (Lipinski definition) is 3. The predicted molar refractivity (Wildman–Crippen MR) is 73.8 cm³/mol.